The van der Waals surface area contributed by atoms with E-state index in [9.17, 15) is 23.1 Å². The van der Waals surface area contributed by atoms with Gasteiger partial charge in [0.05, 0.1) is 12.3 Å². The molecule has 2 rings (SSSR count). The van der Waals surface area contributed by atoms with E-state index in [0.29, 0.717) is 23.6 Å². The number of hydrogen-bond acceptors (Lipinski definition) is 9. The number of anilines is 1. The van der Waals surface area contributed by atoms with Crippen LogP contribution in [0.5, 0.6) is 0 Å². The summed E-state index contributed by atoms with van der Waals surface area (Å²) in [5.41, 5.74) is 7.66. The van der Waals surface area contributed by atoms with Gasteiger partial charge in [0.2, 0.25) is 15.9 Å². The summed E-state index contributed by atoms with van der Waals surface area (Å²) < 4.78 is 29.3. The molecule has 0 fully saturated rings. The molecule has 10 nitrogen and oxygen atoms in total. The van der Waals surface area contributed by atoms with Gasteiger partial charge in [0, 0.05) is 56.1 Å². The van der Waals surface area contributed by atoms with Crippen molar-refractivity contribution in [2.24, 2.45) is 11.7 Å². The van der Waals surface area contributed by atoms with Crippen LogP contribution in [0.25, 0.3) is 10.8 Å². The maximum absolute atomic E-state index is 14.1. The first-order chi connectivity index (χ1) is 19.8. The predicted molar refractivity (Wildman–Crippen MR) is 178 cm³/mol. The summed E-state index contributed by atoms with van der Waals surface area (Å²) in [6.07, 6.45) is 2.86. The highest BCUT2D eigenvalue weighted by Crippen LogP contribution is 2.29. The molecule has 13 heteroatoms. The van der Waals surface area contributed by atoms with Crippen molar-refractivity contribution in [1.29, 1.82) is 0 Å². The number of carbonyl (C=O) groups is 2. The average Bonchev–Trinajstić information content (AvgIpc) is 2.95. The van der Waals surface area contributed by atoms with Crippen LogP contribution in [0, 0.1) is 5.92 Å². The molecule has 0 aliphatic rings. The molecule has 236 valence electrons. The Bertz CT molecular complexity index is 1280. The average molecular weight is 642 g/mol. The van der Waals surface area contributed by atoms with Crippen molar-refractivity contribution < 1.29 is 23.1 Å². The van der Waals surface area contributed by atoms with E-state index in [-0.39, 0.29) is 36.7 Å². The fraction of sp³-hybridized carbons (Fsp3) is 0.586. The van der Waals surface area contributed by atoms with Crippen LogP contribution in [-0.4, -0.2) is 99.3 Å². The summed E-state index contributed by atoms with van der Waals surface area (Å²) in [6, 6.07) is 9.74. The van der Waals surface area contributed by atoms with Crippen molar-refractivity contribution in [3.8, 4) is 0 Å². The van der Waals surface area contributed by atoms with Crippen LogP contribution in [0.15, 0.2) is 36.4 Å². The lowest BCUT2D eigenvalue weighted by molar-refractivity contribution is -0.141. The van der Waals surface area contributed by atoms with E-state index >= 15 is 0 Å². The molecule has 0 aliphatic heterocycles. The van der Waals surface area contributed by atoms with Gasteiger partial charge in [-0.15, -0.1) is 0 Å². The van der Waals surface area contributed by atoms with Crippen molar-refractivity contribution in [2.75, 3.05) is 56.4 Å². The van der Waals surface area contributed by atoms with Crippen LogP contribution in [-0.2, 0) is 25.4 Å². The standard InChI is InChI=1S/C29H47N5O5S3/c1-6-20(2)26(31-15-22(30)18-40)16-34(17-28(35)32-25(29(36)37)13-14-41-5)42(38,39)19-21-9-7-11-24-23(21)10-8-12-27(24)33(3)4/h7-12,20,22,25-26,31,40H,6,13-19,30H2,1-5H3,(H,32,35)(H,36,37)/t20-,22+,25-,26+/m0/s1. The number of hydrogen-bond donors (Lipinski definition) is 5. The number of thiol groups is 1. The summed E-state index contributed by atoms with van der Waals surface area (Å²) in [7, 11) is -0.159. The smallest absolute Gasteiger partial charge is 0.326 e. The van der Waals surface area contributed by atoms with Crippen LogP contribution in [0.2, 0.25) is 0 Å². The van der Waals surface area contributed by atoms with Crippen molar-refractivity contribution in [3.05, 3.63) is 42.0 Å². The van der Waals surface area contributed by atoms with Gasteiger partial charge in [0.25, 0.3) is 0 Å². The predicted octanol–water partition coefficient (Wildman–Crippen LogP) is 2.62. The highest BCUT2D eigenvalue weighted by molar-refractivity contribution is 7.98. The molecular formula is C29H47N5O5S3. The zero-order valence-corrected chi connectivity index (χ0v) is 27.8. The number of fused-ring (bicyclic) bond motifs is 1. The van der Waals surface area contributed by atoms with Crippen molar-refractivity contribution in [1.82, 2.24) is 14.9 Å². The largest absolute Gasteiger partial charge is 0.480 e. The Kier molecular flexibility index (Phi) is 14.9. The van der Waals surface area contributed by atoms with E-state index in [1.807, 2.05) is 69.4 Å². The Morgan fingerprint density at radius 1 is 1.14 bits per heavy atom. The first-order valence-corrected chi connectivity index (χ1v) is 17.7. The van der Waals surface area contributed by atoms with Gasteiger partial charge < -0.3 is 26.4 Å². The second-order valence-corrected chi connectivity index (χ2v) is 14.1. The minimum absolute atomic E-state index is 0.0281. The first-order valence-electron chi connectivity index (χ1n) is 14.1. The van der Waals surface area contributed by atoms with E-state index in [0.717, 1.165) is 22.9 Å². The number of carbonyl (C=O) groups excluding carboxylic acids is 1. The van der Waals surface area contributed by atoms with E-state index < -0.39 is 34.5 Å². The molecule has 1 amide bonds. The van der Waals surface area contributed by atoms with Gasteiger partial charge in [-0.25, -0.2) is 13.2 Å². The number of sulfonamides is 1. The Morgan fingerprint density at radius 3 is 2.40 bits per heavy atom. The van der Waals surface area contributed by atoms with Crippen LogP contribution in [0.1, 0.15) is 32.3 Å². The minimum Gasteiger partial charge on any atom is -0.480 e. The van der Waals surface area contributed by atoms with Crippen LogP contribution < -0.4 is 21.3 Å². The number of thioether (sulfide) groups is 1. The molecule has 4 atom stereocenters. The third-order valence-corrected chi connectivity index (χ3v) is 10.2. The first kappa shape index (κ1) is 36.2. The third-order valence-electron chi connectivity index (χ3n) is 7.37. The summed E-state index contributed by atoms with van der Waals surface area (Å²) in [5.74, 6) is -1.04. The number of rotatable bonds is 19. The number of nitrogens with one attached hydrogen (secondary N) is 2. The maximum Gasteiger partial charge on any atom is 0.326 e. The topological polar surface area (TPSA) is 145 Å². The molecule has 42 heavy (non-hydrogen) atoms. The number of carboxylic acid groups (broad SMARTS) is 1. The zero-order chi connectivity index (χ0) is 31.4. The second kappa shape index (κ2) is 17.3. The fourth-order valence-electron chi connectivity index (χ4n) is 4.65. The van der Waals surface area contributed by atoms with E-state index in [1.165, 1.54) is 16.1 Å². The Balaban J connectivity index is 2.46. The molecule has 0 unspecified atom stereocenters. The number of aliphatic carboxylic acids is 1. The number of amides is 1. The van der Waals surface area contributed by atoms with Crippen molar-refractivity contribution in [2.45, 2.75) is 50.6 Å². The molecule has 0 saturated heterocycles. The summed E-state index contributed by atoms with van der Waals surface area (Å²) >= 11 is 5.73. The lowest BCUT2D eigenvalue weighted by atomic mass is 9.99. The van der Waals surface area contributed by atoms with Crippen LogP contribution >= 0.6 is 24.4 Å². The number of nitrogens with zero attached hydrogens (tertiary/aromatic N) is 2. The Labute approximate surface area is 260 Å². The molecule has 0 aromatic heterocycles. The second-order valence-electron chi connectivity index (χ2n) is 10.8. The maximum atomic E-state index is 14.1. The van der Waals surface area contributed by atoms with Gasteiger partial charge in [0.15, 0.2) is 0 Å². The van der Waals surface area contributed by atoms with Gasteiger partial charge in [-0.3, -0.25) is 4.79 Å². The van der Waals surface area contributed by atoms with Crippen LogP contribution in [0.4, 0.5) is 5.69 Å². The van der Waals surface area contributed by atoms with E-state index in [2.05, 4.69) is 23.3 Å². The minimum atomic E-state index is -4.03. The molecule has 0 aliphatic carbocycles. The number of carboxylic acids is 1. The van der Waals surface area contributed by atoms with E-state index in [4.69, 9.17) is 5.73 Å². The normalized spacial score (nSPS) is 14.9. The molecule has 0 bridgehead atoms. The van der Waals surface area contributed by atoms with Crippen LogP contribution in [0.3, 0.4) is 0 Å². The Morgan fingerprint density at radius 2 is 1.81 bits per heavy atom. The lowest BCUT2D eigenvalue weighted by Gasteiger charge is -2.31. The van der Waals surface area contributed by atoms with E-state index in [1.54, 1.807) is 6.07 Å². The molecule has 0 radical (unpaired) electrons. The molecule has 5 N–H and O–H groups in total. The SMILES string of the molecule is CC[C@H](C)[C@@H](CN(CC(=O)N[C@@H](CCSC)C(=O)O)S(=O)(=O)Cc1cccc2c(N(C)C)cccc12)NC[C@@H](N)CS. The fourth-order valence-corrected chi connectivity index (χ4v) is 6.78. The highest BCUT2D eigenvalue weighted by Gasteiger charge is 2.31. The quantitative estimate of drug-likeness (QED) is 0.146. The zero-order valence-electron chi connectivity index (χ0n) is 25.2. The number of benzene rings is 2. The van der Waals surface area contributed by atoms with Crippen molar-refractivity contribution in [3.63, 3.8) is 0 Å². The third kappa shape index (κ3) is 10.6. The summed E-state index contributed by atoms with van der Waals surface area (Å²) in [4.78, 5) is 26.9. The summed E-state index contributed by atoms with van der Waals surface area (Å²) in [6.45, 7) is 4.01. The monoisotopic (exact) mass is 641 g/mol. The lowest BCUT2D eigenvalue weighted by Crippen LogP contribution is -2.53. The number of nitrogens with two attached hydrogens (primary N) is 1. The molecule has 0 heterocycles. The van der Waals surface area contributed by atoms with Crippen molar-refractivity contribution >= 4 is 62.8 Å². The van der Waals surface area contributed by atoms with Gasteiger partial charge in [-0.1, -0.05) is 50.6 Å². The van der Waals surface area contributed by atoms with Gasteiger partial charge in [-0.05, 0) is 41.4 Å². The van der Waals surface area contributed by atoms with Gasteiger partial charge in [0.1, 0.15) is 6.04 Å². The van der Waals surface area contributed by atoms with Gasteiger partial charge >= 0.3 is 5.97 Å². The Hall–Kier alpha value is -2.03. The molecule has 0 spiro atoms. The molecule has 0 saturated carbocycles. The summed E-state index contributed by atoms with van der Waals surface area (Å²) in [5, 5.41) is 17.3. The molecule has 2 aromatic carbocycles. The molecular weight excluding hydrogens is 595 g/mol. The van der Waals surface area contributed by atoms with Gasteiger partial charge in [-0.2, -0.15) is 28.7 Å². The highest BCUT2D eigenvalue weighted by atomic mass is 32.2. The molecule has 2 aromatic rings.